The zero-order valence-electron chi connectivity index (χ0n) is 21.5. The number of fused-ring (bicyclic) bond motifs is 2. The number of nitriles is 1. The number of allylic oxidation sites excluding steroid dienone is 5. The van der Waals surface area contributed by atoms with Crippen molar-refractivity contribution in [2.45, 2.75) is 69.0 Å². The minimum absolute atomic E-state index is 0.143. The van der Waals surface area contributed by atoms with Gasteiger partial charge in [-0.15, -0.1) is 0 Å². The number of hydrogen-bond acceptors (Lipinski definition) is 6. The van der Waals surface area contributed by atoms with Crippen LogP contribution in [0.5, 0.6) is 0 Å². The predicted octanol–water partition coefficient (Wildman–Crippen LogP) is 4.38. The maximum Gasteiger partial charge on any atom is 0.287 e. The number of aromatic amines is 1. The maximum atomic E-state index is 12.4. The van der Waals surface area contributed by atoms with Crippen molar-refractivity contribution in [2.75, 3.05) is 34.0 Å². The summed E-state index contributed by atoms with van der Waals surface area (Å²) in [5, 5.41) is 11.8. The summed E-state index contributed by atoms with van der Waals surface area (Å²) >= 11 is 0. The third-order valence-corrected chi connectivity index (χ3v) is 7.58. The summed E-state index contributed by atoms with van der Waals surface area (Å²) in [6.07, 6.45) is 19.9. The van der Waals surface area contributed by atoms with Gasteiger partial charge in [-0.1, -0.05) is 29.9 Å². The van der Waals surface area contributed by atoms with Gasteiger partial charge >= 0.3 is 0 Å². The fourth-order valence-electron chi connectivity index (χ4n) is 5.99. The first-order valence-corrected chi connectivity index (χ1v) is 13.0. The van der Waals surface area contributed by atoms with E-state index in [1.807, 2.05) is 12.1 Å². The number of H-pyrrole nitrogens is 1. The molecule has 2 bridgehead atoms. The molecular weight excluding hydrogens is 456 g/mol. The average Bonchev–Trinajstić information content (AvgIpc) is 3.47. The van der Waals surface area contributed by atoms with E-state index in [0.717, 1.165) is 32.1 Å². The quantitative estimate of drug-likeness (QED) is 0.349. The van der Waals surface area contributed by atoms with Crippen LogP contribution in [-0.2, 0) is 14.2 Å². The third kappa shape index (κ3) is 6.33. The van der Waals surface area contributed by atoms with Crippen LogP contribution in [0, 0.1) is 17.2 Å². The van der Waals surface area contributed by atoms with Gasteiger partial charge in [0, 0.05) is 20.8 Å². The highest BCUT2D eigenvalue weighted by molar-refractivity contribution is 5.90. The molecule has 3 aliphatic rings. The first-order chi connectivity index (χ1) is 17.5. The molecule has 3 atom stereocenters. The second-order valence-corrected chi connectivity index (χ2v) is 10.3. The molecule has 2 aliphatic heterocycles. The smallest absolute Gasteiger partial charge is 0.287 e. The number of hydrogen-bond donors (Lipinski definition) is 2. The van der Waals surface area contributed by atoms with Crippen molar-refractivity contribution < 1.29 is 19.0 Å². The lowest BCUT2D eigenvalue weighted by atomic mass is 9.78. The maximum absolute atomic E-state index is 12.4. The first-order valence-electron chi connectivity index (χ1n) is 13.0. The van der Waals surface area contributed by atoms with Gasteiger partial charge in [0.05, 0.1) is 30.6 Å². The molecule has 2 fully saturated rings. The number of nitrogens with zero attached hydrogens (tertiary/aromatic N) is 2. The summed E-state index contributed by atoms with van der Waals surface area (Å²) in [7, 11) is 3.48. The molecule has 1 aromatic rings. The zero-order valence-corrected chi connectivity index (χ0v) is 21.5. The van der Waals surface area contributed by atoms with Crippen molar-refractivity contribution in [3.05, 3.63) is 53.2 Å². The number of amides is 1. The lowest BCUT2D eigenvalue weighted by Gasteiger charge is -2.44. The van der Waals surface area contributed by atoms with Gasteiger partial charge in [0.1, 0.15) is 11.8 Å². The molecule has 0 saturated carbocycles. The van der Waals surface area contributed by atoms with Crippen LogP contribution in [0.1, 0.15) is 74.1 Å². The summed E-state index contributed by atoms with van der Waals surface area (Å²) in [6, 6.07) is 1.95. The first kappa shape index (κ1) is 26.3. The van der Waals surface area contributed by atoms with Crippen LogP contribution < -0.4 is 5.32 Å². The van der Waals surface area contributed by atoms with Crippen LogP contribution in [0.4, 0.5) is 0 Å². The minimum atomic E-state index is -0.332. The highest BCUT2D eigenvalue weighted by Gasteiger charge is 2.55. The lowest BCUT2D eigenvalue weighted by Crippen LogP contribution is -2.48. The Morgan fingerprint density at radius 1 is 1.28 bits per heavy atom. The molecule has 8 nitrogen and oxygen atoms in total. The zero-order chi connectivity index (χ0) is 25.4. The molecular formula is C28H38N4O4. The number of methoxy groups -OCH3 is 2. The van der Waals surface area contributed by atoms with E-state index in [-0.39, 0.29) is 28.6 Å². The topological polar surface area (TPSA) is 109 Å². The molecule has 3 heterocycles. The number of carbonyl (C=O) groups is 1. The molecule has 2 N–H and O–H groups in total. The number of ether oxygens (including phenoxy) is 3. The van der Waals surface area contributed by atoms with E-state index in [1.165, 1.54) is 43.0 Å². The molecule has 0 radical (unpaired) electrons. The van der Waals surface area contributed by atoms with Gasteiger partial charge < -0.3 is 24.5 Å². The normalized spacial score (nSPS) is 28.2. The molecule has 194 valence electrons. The van der Waals surface area contributed by atoms with Gasteiger partial charge in [0.25, 0.3) is 5.91 Å². The molecule has 1 amide bonds. The van der Waals surface area contributed by atoms with E-state index < -0.39 is 0 Å². The molecule has 0 spiro atoms. The second-order valence-electron chi connectivity index (χ2n) is 10.3. The summed E-state index contributed by atoms with van der Waals surface area (Å²) < 4.78 is 17.8. The number of carbonyl (C=O) groups excluding carboxylic acids is 1. The van der Waals surface area contributed by atoms with Crippen molar-refractivity contribution in [3.63, 3.8) is 0 Å². The second kappa shape index (κ2) is 12.0. The molecule has 4 rings (SSSR count). The monoisotopic (exact) mass is 494 g/mol. The Hall–Kier alpha value is -2.73. The standard InChI is InChI=1S/C28H38N4O4/c1-34-19-27-12-13-28(36-27,20-35-2)16-23(15-27)22(11-10-21-7-4-3-5-8-21)9-6-14-30-26(33)25-31-18-24(17-29)32-25/h6-7,9,11,18,23H,3-5,8,10,12-16,19-20H2,1-2H3,(H,30,33)(H,31,32)/b9-6-,22-11+/t23?,27-,28+. The van der Waals surface area contributed by atoms with Crippen LogP contribution in [0.25, 0.3) is 0 Å². The molecule has 0 aromatic carbocycles. The van der Waals surface area contributed by atoms with Crippen LogP contribution in [0.3, 0.4) is 0 Å². The van der Waals surface area contributed by atoms with Gasteiger partial charge in [-0.2, -0.15) is 5.26 Å². The van der Waals surface area contributed by atoms with E-state index in [2.05, 4.69) is 33.5 Å². The summed E-state index contributed by atoms with van der Waals surface area (Å²) in [5.41, 5.74) is 2.51. The fraction of sp³-hybridized carbons (Fsp3) is 0.607. The van der Waals surface area contributed by atoms with Crippen molar-refractivity contribution in [1.29, 1.82) is 5.26 Å². The van der Waals surface area contributed by atoms with E-state index in [4.69, 9.17) is 19.5 Å². The predicted molar refractivity (Wildman–Crippen MR) is 136 cm³/mol. The minimum Gasteiger partial charge on any atom is -0.382 e. The summed E-state index contributed by atoms with van der Waals surface area (Å²) in [5.74, 6) is 0.135. The number of aromatic nitrogens is 2. The van der Waals surface area contributed by atoms with Crippen LogP contribution in [0.15, 0.2) is 41.6 Å². The molecule has 2 saturated heterocycles. The highest BCUT2D eigenvalue weighted by atomic mass is 16.6. The summed E-state index contributed by atoms with van der Waals surface area (Å²) in [6.45, 7) is 1.54. The van der Waals surface area contributed by atoms with Gasteiger partial charge in [-0.05, 0) is 69.3 Å². The molecule has 1 aromatic heterocycles. The third-order valence-electron chi connectivity index (χ3n) is 7.58. The van der Waals surface area contributed by atoms with Crippen molar-refractivity contribution >= 4 is 5.91 Å². The molecule has 36 heavy (non-hydrogen) atoms. The highest BCUT2D eigenvalue weighted by Crippen LogP contribution is 2.52. The Balaban J connectivity index is 1.49. The van der Waals surface area contributed by atoms with E-state index >= 15 is 0 Å². The van der Waals surface area contributed by atoms with Crippen molar-refractivity contribution in [2.24, 2.45) is 5.92 Å². The SMILES string of the molecule is COC[C@@]12CC[C@@](COC)(CC(C(/C=C\CNC(=O)c3ncc(C#N)[nH]3)=C/CC3=CCCCC3)C1)O2. The van der Waals surface area contributed by atoms with Gasteiger partial charge in [-0.25, -0.2) is 4.98 Å². The van der Waals surface area contributed by atoms with E-state index in [0.29, 0.717) is 25.7 Å². The van der Waals surface area contributed by atoms with Crippen LogP contribution >= 0.6 is 0 Å². The van der Waals surface area contributed by atoms with Crippen molar-refractivity contribution in [1.82, 2.24) is 15.3 Å². The average molecular weight is 495 g/mol. The van der Waals surface area contributed by atoms with Crippen LogP contribution in [0.2, 0.25) is 0 Å². The van der Waals surface area contributed by atoms with Gasteiger partial charge in [-0.3, -0.25) is 4.79 Å². The number of rotatable bonds is 11. The van der Waals surface area contributed by atoms with Gasteiger partial charge in [0.15, 0.2) is 5.82 Å². The molecule has 8 heteroatoms. The number of nitrogens with one attached hydrogen (secondary N) is 2. The largest absolute Gasteiger partial charge is 0.382 e. The van der Waals surface area contributed by atoms with E-state index in [9.17, 15) is 4.79 Å². The van der Waals surface area contributed by atoms with Crippen molar-refractivity contribution in [3.8, 4) is 6.07 Å². The Kier molecular flexibility index (Phi) is 8.78. The Morgan fingerprint density at radius 2 is 2.03 bits per heavy atom. The number of imidazole rings is 1. The van der Waals surface area contributed by atoms with Crippen LogP contribution in [-0.4, -0.2) is 61.1 Å². The Labute approximate surface area is 213 Å². The van der Waals surface area contributed by atoms with Gasteiger partial charge in [0.2, 0.25) is 0 Å². The Bertz CT molecular complexity index is 1030. The fourth-order valence-corrected chi connectivity index (χ4v) is 5.99. The molecule has 1 unspecified atom stereocenters. The lowest BCUT2D eigenvalue weighted by molar-refractivity contribution is -0.188. The summed E-state index contributed by atoms with van der Waals surface area (Å²) in [4.78, 5) is 19.0. The molecule has 1 aliphatic carbocycles. The Morgan fingerprint density at radius 3 is 2.64 bits per heavy atom. The van der Waals surface area contributed by atoms with E-state index in [1.54, 1.807) is 14.2 Å².